The number of hydrogen-bond acceptors (Lipinski definition) is 3. The summed E-state index contributed by atoms with van der Waals surface area (Å²) in [7, 11) is 1.50. The van der Waals surface area contributed by atoms with Crippen LogP contribution in [0, 0.1) is 5.92 Å². The summed E-state index contributed by atoms with van der Waals surface area (Å²) in [6, 6.07) is 10.2. The third kappa shape index (κ3) is 4.24. The number of methoxy groups -OCH3 is 1. The molecule has 0 heterocycles. The van der Waals surface area contributed by atoms with Gasteiger partial charge in [0, 0.05) is 29.2 Å². The molecule has 0 spiro atoms. The third-order valence-corrected chi connectivity index (χ3v) is 5.03. The number of ketones is 1. The van der Waals surface area contributed by atoms with Crippen LogP contribution in [0.5, 0.6) is 11.5 Å². The minimum Gasteiger partial charge on any atom is -0.496 e. The zero-order chi connectivity index (χ0) is 20.3. The number of fused-ring (bicyclic) bond motifs is 1. The number of carbonyl (C=O) groups is 1. The van der Waals surface area contributed by atoms with Crippen LogP contribution >= 0.6 is 0 Å². The molecule has 0 aromatic heterocycles. The molecule has 0 radical (unpaired) electrons. The van der Waals surface area contributed by atoms with Crippen molar-refractivity contribution < 1.29 is 23.0 Å². The van der Waals surface area contributed by atoms with Crippen LogP contribution in [0.2, 0.25) is 0 Å². The summed E-state index contributed by atoms with van der Waals surface area (Å²) >= 11 is 0. The predicted octanol–water partition coefficient (Wildman–Crippen LogP) is 6.07. The fourth-order valence-corrected chi connectivity index (χ4v) is 3.22. The van der Waals surface area contributed by atoms with Crippen LogP contribution in [0.15, 0.2) is 48.6 Å². The van der Waals surface area contributed by atoms with Gasteiger partial charge < -0.3 is 9.47 Å². The van der Waals surface area contributed by atoms with Crippen LogP contribution in [0.3, 0.4) is 0 Å². The van der Waals surface area contributed by atoms with Gasteiger partial charge in [0.05, 0.1) is 7.11 Å². The van der Waals surface area contributed by atoms with E-state index in [1.807, 2.05) is 19.9 Å². The highest BCUT2D eigenvalue weighted by atomic mass is 19.3. The van der Waals surface area contributed by atoms with E-state index < -0.39 is 6.11 Å². The van der Waals surface area contributed by atoms with Gasteiger partial charge in [-0.3, -0.25) is 4.79 Å². The monoisotopic (exact) mass is 386 g/mol. The molecule has 1 atom stereocenters. The molecule has 0 saturated carbocycles. The summed E-state index contributed by atoms with van der Waals surface area (Å²) in [5, 5.41) is 0. The molecule has 0 amide bonds. The van der Waals surface area contributed by atoms with E-state index in [-0.39, 0.29) is 17.5 Å². The fraction of sp³-hybridized carbons (Fsp3) is 0.348. The van der Waals surface area contributed by atoms with Crippen LogP contribution in [-0.4, -0.2) is 19.0 Å². The van der Waals surface area contributed by atoms with E-state index in [1.54, 1.807) is 24.3 Å². The van der Waals surface area contributed by atoms with Crippen molar-refractivity contribution in [2.24, 2.45) is 5.92 Å². The van der Waals surface area contributed by atoms with Crippen LogP contribution in [0.25, 0.3) is 11.1 Å². The van der Waals surface area contributed by atoms with Crippen LogP contribution in [-0.2, 0) is 6.42 Å². The Morgan fingerprint density at radius 3 is 2.57 bits per heavy atom. The molecule has 0 fully saturated rings. The molecular weight excluding hydrogens is 362 g/mol. The molecule has 1 aliphatic carbocycles. The first-order chi connectivity index (χ1) is 13.3. The van der Waals surface area contributed by atoms with Gasteiger partial charge in [-0.2, -0.15) is 8.78 Å². The molecule has 3 nitrogen and oxygen atoms in total. The first kappa shape index (κ1) is 20.1. The Hall–Kier alpha value is -2.69. The number of Topliss-reactive ketones (excluding diaryl/α,β-unsaturated/α-hetero) is 1. The number of alkyl halides is 2. The van der Waals surface area contributed by atoms with Gasteiger partial charge in [-0.1, -0.05) is 44.5 Å². The quantitative estimate of drug-likeness (QED) is 0.542. The van der Waals surface area contributed by atoms with Gasteiger partial charge in [-0.25, -0.2) is 0 Å². The minimum atomic E-state index is -3.43. The normalized spacial score (nSPS) is 15.0. The smallest absolute Gasteiger partial charge is 0.419 e. The van der Waals surface area contributed by atoms with Crippen LogP contribution in [0.4, 0.5) is 8.78 Å². The van der Waals surface area contributed by atoms with Crippen LogP contribution in [0.1, 0.15) is 42.6 Å². The summed E-state index contributed by atoms with van der Waals surface area (Å²) in [6.07, 6.45) is 0.703. The van der Waals surface area contributed by atoms with Crippen LogP contribution < -0.4 is 9.47 Å². The van der Waals surface area contributed by atoms with E-state index in [9.17, 15) is 13.6 Å². The Labute approximate surface area is 164 Å². The molecule has 2 aromatic rings. The maximum absolute atomic E-state index is 14.4. The standard InChI is InChI=1S/C23H24F2O3/c1-4-15(2)11-12-23(24,25)28-21-8-6-5-7-17(21)19-13-16-9-10-20(26)18(16)14-22(19)27-3/h5-8,11-15H,4,9-10H2,1-3H3/b12-11+. The van der Waals surface area contributed by atoms with Crippen molar-refractivity contribution in [2.45, 2.75) is 39.2 Å². The van der Waals surface area contributed by atoms with E-state index in [2.05, 4.69) is 0 Å². The number of para-hydroxylation sites is 1. The molecular formula is C23H24F2O3. The van der Waals surface area contributed by atoms with Crippen molar-refractivity contribution in [1.29, 1.82) is 0 Å². The van der Waals surface area contributed by atoms with E-state index in [0.717, 1.165) is 18.1 Å². The van der Waals surface area contributed by atoms with Crippen molar-refractivity contribution in [1.82, 2.24) is 0 Å². The number of hydrogen-bond donors (Lipinski definition) is 0. The summed E-state index contributed by atoms with van der Waals surface area (Å²) in [5.41, 5.74) is 2.67. The van der Waals surface area contributed by atoms with Gasteiger partial charge >= 0.3 is 6.11 Å². The maximum Gasteiger partial charge on any atom is 0.419 e. The van der Waals surface area contributed by atoms with Crippen molar-refractivity contribution in [3.63, 3.8) is 0 Å². The van der Waals surface area contributed by atoms with Gasteiger partial charge in [-0.05, 0) is 36.1 Å². The third-order valence-electron chi connectivity index (χ3n) is 5.03. The Morgan fingerprint density at radius 2 is 1.86 bits per heavy atom. The molecule has 0 aliphatic heterocycles. The molecule has 5 heteroatoms. The second kappa shape index (κ2) is 8.13. The van der Waals surface area contributed by atoms with Crippen molar-refractivity contribution in [3.05, 3.63) is 59.7 Å². The minimum absolute atomic E-state index is 0.0408. The lowest BCUT2D eigenvalue weighted by atomic mass is 9.98. The molecule has 3 rings (SSSR count). The molecule has 0 N–H and O–H groups in total. The summed E-state index contributed by atoms with van der Waals surface area (Å²) < 4.78 is 39.3. The molecule has 1 aliphatic rings. The Bertz CT molecular complexity index is 903. The molecule has 0 bridgehead atoms. The second-order valence-corrected chi connectivity index (χ2v) is 7.04. The van der Waals surface area contributed by atoms with E-state index in [1.165, 1.54) is 19.3 Å². The van der Waals surface area contributed by atoms with E-state index in [4.69, 9.17) is 9.47 Å². The zero-order valence-electron chi connectivity index (χ0n) is 16.3. The Kier molecular flexibility index (Phi) is 5.82. The molecule has 28 heavy (non-hydrogen) atoms. The SMILES string of the molecule is CCC(C)/C=C/C(F)(F)Oc1ccccc1-c1cc2c(cc1OC)C(=O)CC2. The van der Waals surface area contributed by atoms with E-state index >= 15 is 0 Å². The van der Waals surface area contributed by atoms with Gasteiger partial charge in [0.1, 0.15) is 11.5 Å². The first-order valence-electron chi connectivity index (χ1n) is 9.44. The lowest BCUT2D eigenvalue weighted by molar-refractivity contribution is -0.131. The molecule has 1 unspecified atom stereocenters. The molecule has 0 saturated heterocycles. The van der Waals surface area contributed by atoms with Crippen molar-refractivity contribution in [2.75, 3.05) is 7.11 Å². The summed E-state index contributed by atoms with van der Waals surface area (Å²) in [6.45, 7) is 3.81. The van der Waals surface area contributed by atoms with Crippen molar-refractivity contribution >= 4 is 5.78 Å². The largest absolute Gasteiger partial charge is 0.496 e. The van der Waals surface area contributed by atoms with Gasteiger partial charge in [-0.15, -0.1) is 0 Å². The second-order valence-electron chi connectivity index (χ2n) is 7.04. The summed E-state index contributed by atoms with van der Waals surface area (Å²) in [5.74, 6) is 0.637. The lowest BCUT2D eigenvalue weighted by Gasteiger charge is -2.19. The Morgan fingerprint density at radius 1 is 1.11 bits per heavy atom. The predicted molar refractivity (Wildman–Crippen MR) is 105 cm³/mol. The topological polar surface area (TPSA) is 35.5 Å². The number of rotatable bonds is 7. The lowest BCUT2D eigenvalue weighted by Crippen LogP contribution is -2.22. The maximum atomic E-state index is 14.4. The number of allylic oxidation sites excluding steroid dienone is 1. The van der Waals surface area contributed by atoms with Gasteiger partial charge in [0.2, 0.25) is 0 Å². The highest BCUT2D eigenvalue weighted by Crippen LogP contribution is 2.41. The van der Waals surface area contributed by atoms with Gasteiger partial charge in [0.15, 0.2) is 5.78 Å². The average Bonchev–Trinajstić information content (AvgIpc) is 3.05. The molecule has 2 aromatic carbocycles. The van der Waals surface area contributed by atoms with Gasteiger partial charge in [0.25, 0.3) is 0 Å². The average molecular weight is 386 g/mol. The number of ether oxygens (including phenoxy) is 2. The number of aryl methyl sites for hydroxylation is 1. The fourth-order valence-electron chi connectivity index (χ4n) is 3.22. The first-order valence-corrected chi connectivity index (χ1v) is 9.44. The highest BCUT2D eigenvalue weighted by Gasteiger charge is 2.30. The van der Waals surface area contributed by atoms with E-state index in [0.29, 0.717) is 35.3 Å². The number of carbonyl (C=O) groups excluding carboxylic acids is 1. The number of benzene rings is 2. The highest BCUT2D eigenvalue weighted by molar-refractivity contribution is 6.02. The zero-order valence-corrected chi connectivity index (χ0v) is 16.3. The Balaban J connectivity index is 1.99. The number of halogens is 2. The van der Waals surface area contributed by atoms with Crippen molar-refractivity contribution in [3.8, 4) is 22.6 Å². The molecule has 148 valence electrons. The summed E-state index contributed by atoms with van der Waals surface area (Å²) in [4.78, 5) is 12.0.